The van der Waals surface area contributed by atoms with Gasteiger partial charge in [-0.25, -0.2) is 9.97 Å². The molecule has 0 bridgehead atoms. The van der Waals surface area contributed by atoms with Crippen molar-refractivity contribution in [3.05, 3.63) is 35.8 Å². The summed E-state index contributed by atoms with van der Waals surface area (Å²) in [6, 6.07) is 6.42. The van der Waals surface area contributed by atoms with E-state index in [0.717, 1.165) is 18.6 Å². The maximum absolute atomic E-state index is 4.53. The smallest absolute Gasteiger partial charge is 0.116 e. The van der Waals surface area contributed by atoms with Crippen LogP contribution in [-0.2, 0) is 0 Å². The Bertz CT molecular complexity index is 530. The Kier molecular flexibility index (Phi) is 2.77. The molecule has 0 spiro atoms. The fourth-order valence-corrected chi connectivity index (χ4v) is 2.61. The number of rotatable bonds is 1. The molecule has 88 valence electrons. The monoisotopic (exact) mass is 227 g/mol. The summed E-state index contributed by atoms with van der Waals surface area (Å²) in [5, 5.41) is 4.64. The van der Waals surface area contributed by atoms with E-state index in [0.29, 0.717) is 5.92 Å². The van der Waals surface area contributed by atoms with Gasteiger partial charge in [-0.2, -0.15) is 0 Å². The minimum Gasteiger partial charge on any atom is -0.317 e. The molecule has 0 saturated carbocycles. The normalized spacial score (nSPS) is 17.5. The molecule has 2 heterocycles. The number of benzene rings is 1. The van der Waals surface area contributed by atoms with Crippen molar-refractivity contribution < 1.29 is 0 Å². The van der Waals surface area contributed by atoms with Crippen LogP contribution in [0.4, 0.5) is 0 Å². The highest BCUT2D eigenvalue weighted by Crippen LogP contribution is 2.29. The first kappa shape index (κ1) is 10.7. The van der Waals surface area contributed by atoms with Crippen LogP contribution in [0.2, 0.25) is 0 Å². The van der Waals surface area contributed by atoms with E-state index in [1.165, 1.54) is 29.5 Å². The molecule has 1 aliphatic heterocycles. The number of piperidine rings is 1. The second kappa shape index (κ2) is 4.41. The van der Waals surface area contributed by atoms with E-state index in [-0.39, 0.29) is 0 Å². The van der Waals surface area contributed by atoms with Gasteiger partial charge in [0.2, 0.25) is 0 Å². The Balaban J connectivity index is 2.11. The lowest BCUT2D eigenvalue weighted by atomic mass is 9.91. The van der Waals surface area contributed by atoms with Gasteiger partial charge in [0, 0.05) is 11.3 Å². The van der Waals surface area contributed by atoms with Crippen molar-refractivity contribution in [2.45, 2.75) is 25.7 Å². The summed E-state index contributed by atoms with van der Waals surface area (Å²) in [5.74, 6) is 0.587. The third-order valence-electron chi connectivity index (χ3n) is 3.55. The second-order valence-electron chi connectivity index (χ2n) is 4.80. The zero-order chi connectivity index (χ0) is 11.7. The highest BCUT2D eigenvalue weighted by atomic mass is 14.9. The molecule has 0 radical (unpaired) electrons. The first-order valence-electron chi connectivity index (χ1n) is 6.26. The molecule has 1 aliphatic rings. The van der Waals surface area contributed by atoms with Crippen molar-refractivity contribution in [1.29, 1.82) is 0 Å². The van der Waals surface area contributed by atoms with Crippen LogP contribution in [0, 0.1) is 6.92 Å². The van der Waals surface area contributed by atoms with Gasteiger partial charge in [-0.05, 0) is 45.0 Å². The molecular weight excluding hydrogens is 210 g/mol. The third kappa shape index (κ3) is 2.03. The van der Waals surface area contributed by atoms with Crippen LogP contribution in [0.3, 0.4) is 0 Å². The molecule has 17 heavy (non-hydrogen) atoms. The second-order valence-corrected chi connectivity index (χ2v) is 4.80. The molecule has 1 aromatic heterocycles. The fraction of sp³-hybridized carbons (Fsp3) is 0.429. The van der Waals surface area contributed by atoms with Crippen molar-refractivity contribution in [2.24, 2.45) is 0 Å². The number of nitrogens with zero attached hydrogens (tertiary/aromatic N) is 2. The van der Waals surface area contributed by atoms with E-state index < -0.39 is 0 Å². The minimum absolute atomic E-state index is 0.587. The molecule has 3 heteroatoms. The minimum atomic E-state index is 0.587. The number of hydrogen-bond donors (Lipinski definition) is 1. The van der Waals surface area contributed by atoms with Crippen LogP contribution in [0.5, 0.6) is 0 Å². The van der Waals surface area contributed by atoms with Crippen LogP contribution in [0.25, 0.3) is 10.9 Å². The third-order valence-corrected chi connectivity index (χ3v) is 3.55. The SMILES string of the molecule is Cc1ccc2ncnc(C3CCNCC3)c2c1. The molecule has 1 aromatic carbocycles. The molecule has 3 nitrogen and oxygen atoms in total. The van der Waals surface area contributed by atoms with Crippen molar-refractivity contribution in [3.63, 3.8) is 0 Å². The first-order chi connectivity index (χ1) is 8.34. The summed E-state index contributed by atoms with van der Waals surface area (Å²) in [5.41, 5.74) is 3.59. The number of fused-ring (bicyclic) bond motifs is 1. The lowest BCUT2D eigenvalue weighted by Gasteiger charge is -2.23. The largest absolute Gasteiger partial charge is 0.317 e. The van der Waals surface area contributed by atoms with Crippen LogP contribution in [-0.4, -0.2) is 23.1 Å². The maximum Gasteiger partial charge on any atom is 0.116 e. The van der Waals surface area contributed by atoms with E-state index in [1.54, 1.807) is 6.33 Å². The summed E-state index contributed by atoms with van der Waals surface area (Å²) >= 11 is 0. The van der Waals surface area contributed by atoms with Crippen LogP contribution in [0.1, 0.15) is 30.0 Å². The summed E-state index contributed by atoms with van der Waals surface area (Å²) in [6.07, 6.45) is 4.06. The first-order valence-corrected chi connectivity index (χ1v) is 6.26. The fourth-order valence-electron chi connectivity index (χ4n) is 2.61. The number of aryl methyl sites for hydroxylation is 1. The van der Waals surface area contributed by atoms with Crippen molar-refractivity contribution >= 4 is 10.9 Å². The Morgan fingerprint density at radius 1 is 1.18 bits per heavy atom. The topological polar surface area (TPSA) is 37.8 Å². The van der Waals surface area contributed by atoms with E-state index >= 15 is 0 Å². The lowest BCUT2D eigenvalue weighted by molar-refractivity contribution is 0.455. The predicted octanol–water partition coefficient (Wildman–Crippen LogP) is 2.41. The molecule has 1 N–H and O–H groups in total. The molecule has 1 fully saturated rings. The Labute approximate surface area is 101 Å². The zero-order valence-electron chi connectivity index (χ0n) is 10.1. The standard InChI is InChI=1S/C14H17N3/c1-10-2-3-13-12(8-10)14(17-9-16-13)11-4-6-15-7-5-11/h2-3,8-9,11,15H,4-7H2,1H3. The average molecular weight is 227 g/mol. The van der Waals surface area contributed by atoms with Gasteiger partial charge in [-0.1, -0.05) is 11.6 Å². The van der Waals surface area contributed by atoms with E-state index in [4.69, 9.17) is 0 Å². The van der Waals surface area contributed by atoms with E-state index in [2.05, 4.69) is 40.4 Å². The lowest BCUT2D eigenvalue weighted by Crippen LogP contribution is -2.27. The summed E-state index contributed by atoms with van der Waals surface area (Å²) in [4.78, 5) is 8.88. The average Bonchev–Trinajstić information content (AvgIpc) is 2.39. The van der Waals surface area contributed by atoms with Gasteiger partial charge >= 0.3 is 0 Å². The number of hydrogen-bond acceptors (Lipinski definition) is 3. The van der Waals surface area contributed by atoms with Crippen LogP contribution >= 0.6 is 0 Å². The van der Waals surface area contributed by atoms with Gasteiger partial charge in [0.05, 0.1) is 11.2 Å². The molecule has 0 aliphatic carbocycles. The summed E-state index contributed by atoms with van der Waals surface area (Å²) in [7, 11) is 0. The van der Waals surface area contributed by atoms with Crippen molar-refractivity contribution in [1.82, 2.24) is 15.3 Å². The Morgan fingerprint density at radius 3 is 2.82 bits per heavy atom. The molecule has 1 saturated heterocycles. The quantitative estimate of drug-likeness (QED) is 0.813. The van der Waals surface area contributed by atoms with Gasteiger partial charge in [0.1, 0.15) is 6.33 Å². The maximum atomic E-state index is 4.53. The molecular formula is C14H17N3. The Hall–Kier alpha value is -1.48. The van der Waals surface area contributed by atoms with E-state index in [1.807, 2.05) is 0 Å². The molecule has 0 atom stereocenters. The Morgan fingerprint density at radius 2 is 2.00 bits per heavy atom. The van der Waals surface area contributed by atoms with Gasteiger partial charge in [-0.3, -0.25) is 0 Å². The van der Waals surface area contributed by atoms with Gasteiger partial charge in [0.25, 0.3) is 0 Å². The van der Waals surface area contributed by atoms with Crippen molar-refractivity contribution in [2.75, 3.05) is 13.1 Å². The molecule has 0 amide bonds. The predicted molar refractivity (Wildman–Crippen MR) is 69.1 cm³/mol. The van der Waals surface area contributed by atoms with Crippen LogP contribution < -0.4 is 5.32 Å². The zero-order valence-corrected chi connectivity index (χ0v) is 10.1. The summed E-state index contributed by atoms with van der Waals surface area (Å²) in [6.45, 7) is 4.32. The van der Waals surface area contributed by atoms with Gasteiger partial charge in [-0.15, -0.1) is 0 Å². The van der Waals surface area contributed by atoms with Crippen molar-refractivity contribution in [3.8, 4) is 0 Å². The highest BCUT2D eigenvalue weighted by Gasteiger charge is 2.18. The van der Waals surface area contributed by atoms with Crippen LogP contribution in [0.15, 0.2) is 24.5 Å². The molecule has 3 rings (SSSR count). The van der Waals surface area contributed by atoms with Gasteiger partial charge in [0.15, 0.2) is 0 Å². The number of nitrogens with one attached hydrogen (secondary N) is 1. The van der Waals surface area contributed by atoms with E-state index in [9.17, 15) is 0 Å². The van der Waals surface area contributed by atoms with Gasteiger partial charge < -0.3 is 5.32 Å². The summed E-state index contributed by atoms with van der Waals surface area (Å²) < 4.78 is 0. The molecule has 2 aromatic rings. The molecule has 0 unspecified atom stereocenters. The highest BCUT2D eigenvalue weighted by molar-refractivity contribution is 5.81. The number of aromatic nitrogens is 2.